The first-order valence-corrected chi connectivity index (χ1v) is 14.6. The van der Waals surface area contributed by atoms with Crippen molar-refractivity contribution in [1.29, 1.82) is 0 Å². The summed E-state index contributed by atoms with van der Waals surface area (Å²) in [6, 6.07) is 12.1. The highest BCUT2D eigenvalue weighted by molar-refractivity contribution is 7.90. The van der Waals surface area contributed by atoms with Crippen LogP contribution in [0.4, 0.5) is 10.1 Å². The summed E-state index contributed by atoms with van der Waals surface area (Å²) in [5, 5.41) is 10.3. The Balaban J connectivity index is 1.46. The third kappa shape index (κ3) is 5.46. The van der Waals surface area contributed by atoms with Crippen LogP contribution in [0.2, 0.25) is 0 Å². The van der Waals surface area contributed by atoms with Gasteiger partial charge < -0.3 is 5.32 Å². The summed E-state index contributed by atoms with van der Waals surface area (Å²) in [5.74, 6) is -0.685. The number of carbonyl (C=O) groups excluding carboxylic acids is 1. The van der Waals surface area contributed by atoms with Crippen LogP contribution >= 0.6 is 0 Å². The lowest BCUT2D eigenvalue weighted by molar-refractivity contribution is 0.102. The monoisotopic (exact) mass is 535 g/mol. The molecule has 0 aliphatic carbocycles. The van der Waals surface area contributed by atoms with Crippen molar-refractivity contribution < 1.29 is 17.6 Å². The fourth-order valence-electron chi connectivity index (χ4n) is 5.00. The van der Waals surface area contributed by atoms with Gasteiger partial charge in [-0.25, -0.2) is 17.8 Å². The van der Waals surface area contributed by atoms with Crippen molar-refractivity contribution in [3.63, 3.8) is 0 Å². The zero-order chi connectivity index (χ0) is 26.9. The van der Waals surface area contributed by atoms with E-state index in [9.17, 15) is 13.2 Å². The Kier molecular flexibility index (Phi) is 7.27. The summed E-state index contributed by atoms with van der Waals surface area (Å²) in [6.45, 7) is 4.70. The van der Waals surface area contributed by atoms with Gasteiger partial charge in [0.25, 0.3) is 5.91 Å². The number of benzene rings is 2. The molecular formula is C28H30FN5O3S. The molecule has 2 N–H and O–H groups in total. The average Bonchev–Trinajstić information content (AvgIpc) is 3.32. The minimum atomic E-state index is -3.44. The van der Waals surface area contributed by atoms with Gasteiger partial charge in [-0.3, -0.25) is 14.8 Å². The lowest BCUT2D eigenvalue weighted by atomic mass is 9.94. The second kappa shape index (κ2) is 10.6. The molecule has 1 fully saturated rings. The highest BCUT2D eigenvalue weighted by atomic mass is 32.2. The zero-order valence-electron chi connectivity index (χ0n) is 21.4. The summed E-state index contributed by atoms with van der Waals surface area (Å²) in [7, 11) is -3.44. The van der Waals surface area contributed by atoms with Gasteiger partial charge in [0, 0.05) is 18.2 Å². The molecule has 10 heteroatoms. The number of piperidine rings is 1. The highest BCUT2D eigenvalue weighted by Crippen LogP contribution is 2.32. The summed E-state index contributed by atoms with van der Waals surface area (Å²) in [6.07, 6.45) is 6.48. The normalized spacial score (nSPS) is 14.6. The zero-order valence-corrected chi connectivity index (χ0v) is 22.2. The number of rotatable bonds is 7. The summed E-state index contributed by atoms with van der Waals surface area (Å²) < 4.78 is 38.5. The van der Waals surface area contributed by atoms with E-state index in [1.165, 1.54) is 37.6 Å². The molecule has 38 heavy (non-hydrogen) atoms. The molecule has 2 aromatic heterocycles. The van der Waals surface area contributed by atoms with Crippen LogP contribution in [0.15, 0.2) is 53.7 Å². The lowest BCUT2D eigenvalue weighted by Gasteiger charge is -2.27. The Morgan fingerprint density at radius 3 is 2.58 bits per heavy atom. The summed E-state index contributed by atoms with van der Waals surface area (Å²) in [4.78, 5) is 19.3. The smallest absolute Gasteiger partial charge is 0.276 e. The Morgan fingerprint density at radius 2 is 1.89 bits per heavy atom. The largest absolute Gasteiger partial charge is 0.319 e. The third-order valence-electron chi connectivity index (χ3n) is 6.93. The topological polar surface area (TPSA) is 108 Å². The predicted molar refractivity (Wildman–Crippen MR) is 145 cm³/mol. The molecule has 1 aliphatic rings. The number of nitrogens with one attached hydrogen (secondary N) is 2. The molecule has 4 aromatic rings. The number of H-pyrrole nitrogens is 1. The predicted octanol–water partition coefficient (Wildman–Crippen LogP) is 4.97. The molecule has 1 aliphatic heterocycles. The van der Waals surface area contributed by atoms with Crippen molar-refractivity contribution in [3.05, 3.63) is 71.3 Å². The molecular weight excluding hydrogens is 505 g/mol. The molecule has 0 atom stereocenters. The number of hydrogen-bond donors (Lipinski definition) is 2. The van der Waals surface area contributed by atoms with E-state index >= 15 is 4.39 Å². The molecule has 0 bridgehead atoms. The molecule has 2 aromatic carbocycles. The second-order valence-corrected chi connectivity index (χ2v) is 11.7. The van der Waals surface area contributed by atoms with Gasteiger partial charge in [-0.05, 0) is 91.0 Å². The highest BCUT2D eigenvalue weighted by Gasteiger charge is 2.19. The Labute approximate surface area is 221 Å². The second-order valence-electron chi connectivity index (χ2n) is 9.74. The lowest BCUT2D eigenvalue weighted by Crippen LogP contribution is -2.29. The van der Waals surface area contributed by atoms with Crippen LogP contribution in [0.3, 0.4) is 0 Å². The maximum atomic E-state index is 15.2. The molecule has 3 heterocycles. The van der Waals surface area contributed by atoms with E-state index in [1.54, 1.807) is 6.07 Å². The number of likely N-dealkylation sites (tertiary alicyclic amines) is 1. The number of pyridine rings is 1. The Morgan fingerprint density at radius 1 is 1.11 bits per heavy atom. The number of aromatic nitrogens is 3. The van der Waals surface area contributed by atoms with Gasteiger partial charge in [0.05, 0.1) is 17.4 Å². The van der Waals surface area contributed by atoms with Gasteiger partial charge in [0.2, 0.25) is 0 Å². The van der Waals surface area contributed by atoms with Crippen LogP contribution in [0.1, 0.15) is 47.8 Å². The molecule has 0 unspecified atom stereocenters. The number of fused-ring (bicyclic) bond motifs is 1. The van der Waals surface area contributed by atoms with Gasteiger partial charge in [0.15, 0.2) is 20.6 Å². The molecule has 0 radical (unpaired) electrons. The van der Waals surface area contributed by atoms with Crippen molar-refractivity contribution in [2.45, 2.75) is 44.2 Å². The molecule has 0 saturated carbocycles. The Hall–Kier alpha value is -3.63. The molecule has 1 amide bonds. The van der Waals surface area contributed by atoms with E-state index in [0.717, 1.165) is 36.0 Å². The van der Waals surface area contributed by atoms with Crippen molar-refractivity contribution >= 4 is 32.3 Å². The van der Waals surface area contributed by atoms with E-state index in [4.69, 9.17) is 0 Å². The number of sulfone groups is 1. The maximum absolute atomic E-state index is 15.2. The van der Waals surface area contributed by atoms with E-state index in [1.807, 2.05) is 25.1 Å². The van der Waals surface area contributed by atoms with Crippen molar-refractivity contribution in [3.8, 4) is 11.1 Å². The number of halogens is 1. The first kappa shape index (κ1) is 26.0. The maximum Gasteiger partial charge on any atom is 0.276 e. The molecule has 198 valence electrons. The van der Waals surface area contributed by atoms with Crippen molar-refractivity contribution in [2.24, 2.45) is 0 Å². The number of nitrogens with zero attached hydrogens (tertiary/aromatic N) is 3. The third-order valence-corrected chi connectivity index (χ3v) is 7.93. The number of carbonyl (C=O) groups is 1. The van der Waals surface area contributed by atoms with Crippen LogP contribution in [0.25, 0.3) is 22.0 Å². The standard InChI is InChI=1S/C28H30FN5O3S/c1-3-21-22(13-18(14-24(21)29)17-34-11-5-4-6-12-34)19-7-9-25-23(15-19)27(33-32-25)28(35)31-20-8-10-26(30-16-20)38(2,36)37/h7-10,13-16H,3-6,11-12,17H2,1-2H3,(H,31,35)(H,32,33). The number of amides is 1. The number of anilines is 1. The van der Waals surface area contributed by atoms with Crippen LogP contribution in [0.5, 0.6) is 0 Å². The first-order chi connectivity index (χ1) is 18.2. The van der Waals surface area contributed by atoms with Crippen molar-refractivity contribution in [2.75, 3.05) is 24.7 Å². The van der Waals surface area contributed by atoms with Crippen LogP contribution in [-0.4, -0.2) is 53.8 Å². The van der Waals surface area contributed by atoms with E-state index < -0.39 is 15.7 Å². The van der Waals surface area contributed by atoms with E-state index in [-0.39, 0.29) is 16.5 Å². The van der Waals surface area contributed by atoms with Gasteiger partial charge in [0.1, 0.15) is 5.82 Å². The summed E-state index contributed by atoms with van der Waals surface area (Å²) in [5.41, 5.74) is 4.39. The van der Waals surface area contributed by atoms with Crippen LogP contribution in [-0.2, 0) is 22.8 Å². The molecule has 1 saturated heterocycles. The molecule has 5 rings (SSSR count). The van der Waals surface area contributed by atoms with Crippen molar-refractivity contribution in [1.82, 2.24) is 20.1 Å². The van der Waals surface area contributed by atoms with E-state index in [0.29, 0.717) is 35.1 Å². The van der Waals surface area contributed by atoms with Gasteiger partial charge in [-0.1, -0.05) is 19.4 Å². The van der Waals surface area contributed by atoms with Gasteiger partial charge >= 0.3 is 0 Å². The van der Waals surface area contributed by atoms with Gasteiger partial charge in [-0.15, -0.1) is 0 Å². The van der Waals surface area contributed by atoms with Crippen LogP contribution in [0, 0.1) is 5.82 Å². The quantitative estimate of drug-likeness (QED) is 0.346. The van der Waals surface area contributed by atoms with Crippen LogP contribution < -0.4 is 5.32 Å². The molecule has 0 spiro atoms. The summed E-state index contributed by atoms with van der Waals surface area (Å²) >= 11 is 0. The SMILES string of the molecule is CCc1c(F)cc(CN2CCCCC2)cc1-c1ccc2[nH]nc(C(=O)Nc3ccc(S(C)(=O)=O)nc3)c2c1. The first-order valence-electron chi connectivity index (χ1n) is 12.7. The molecule has 8 nitrogen and oxygen atoms in total. The minimum Gasteiger partial charge on any atom is -0.319 e. The van der Waals surface area contributed by atoms with E-state index in [2.05, 4.69) is 31.5 Å². The Bertz CT molecular complexity index is 1590. The minimum absolute atomic E-state index is 0.0770. The average molecular weight is 536 g/mol. The fourth-order valence-corrected chi connectivity index (χ4v) is 5.55. The fraction of sp³-hybridized carbons (Fsp3) is 0.321. The number of aromatic amines is 1. The number of hydrogen-bond acceptors (Lipinski definition) is 6. The van der Waals surface area contributed by atoms with Gasteiger partial charge in [-0.2, -0.15) is 5.10 Å².